The number of aromatic hydroxyl groups is 1. The molecule has 1 rings (SSSR count). The summed E-state index contributed by atoms with van der Waals surface area (Å²) in [5, 5.41) is 9.10. The first kappa shape index (κ1) is 9.29. The third kappa shape index (κ3) is 1.87. The molecule has 0 saturated heterocycles. The van der Waals surface area contributed by atoms with Gasteiger partial charge in [-0.1, -0.05) is 28.1 Å². The summed E-state index contributed by atoms with van der Waals surface area (Å²) in [5.74, 6) is 0.224. The second-order valence-corrected chi connectivity index (χ2v) is 3.32. The minimum Gasteiger partial charge on any atom is -0.508 e. The fourth-order valence-corrected chi connectivity index (χ4v) is 1.54. The molecule has 2 nitrogen and oxygen atoms in total. The molecule has 0 heterocycles. The lowest BCUT2D eigenvalue weighted by Crippen LogP contribution is -2.06. The Bertz CT molecular complexity index is 299. The molecule has 1 aromatic rings. The van der Waals surface area contributed by atoms with Gasteiger partial charge in [0.05, 0.1) is 0 Å². The van der Waals surface area contributed by atoms with Crippen molar-refractivity contribution in [1.82, 2.24) is 0 Å². The molecule has 0 fully saturated rings. The number of benzene rings is 1. The third-order valence-corrected chi connectivity index (χ3v) is 2.28. The standard InChI is InChI=1S/C9H10BrNO/c1-2-9(11)7-4-3-6(12)5-8(7)10/h2-5,9,12H,1,11H2/t9-/m1/s1. The first-order chi connectivity index (χ1) is 5.65. The maximum absolute atomic E-state index is 9.10. The summed E-state index contributed by atoms with van der Waals surface area (Å²) in [6.45, 7) is 3.59. The van der Waals surface area contributed by atoms with Crippen LogP contribution in [0.15, 0.2) is 35.3 Å². The highest BCUT2D eigenvalue weighted by Crippen LogP contribution is 2.26. The Hall–Kier alpha value is -0.800. The van der Waals surface area contributed by atoms with Crippen LogP contribution in [0, 0.1) is 0 Å². The van der Waals surface area contributed by atoms with Crippen LogP contribution < -0.4 is 5.73 Å². The van der Waals surface area contributed by atoms with E-state index < -0.39 is 0 Å². The molecule has 0 aliphatic heterocycles. The van der Waals surface area contributed by atoms with Crippen molar-refractivity contribution in [2.75, 3.05) is 0 Å². The largest absolute Gasteiger partial charge is 0.508 e. The van der Waals surface area contributed by atoms with Crippen molar-refractivity contribution in [2.24, 2.45) is 5.73 Å². The Labute approximate surface area is 79.8 Å². The van der Waals surface area contributed by atoms with Crippen molar-refractivity contribution in [2.45, 2.75) is 6.04 Å². The Morgan fingerprint density at radius 2 is 2.25 bits per heavy atom. The lowest BCUT2D eigenvalue weighted by Gasteiger charge is -2.08. The highest BCUT2D eigenvalue weighted by Gasteiger charge is 2.05. The number of nitrogens with two attached hydrogens (primary N) is 1. The van der Waals surface area contributed by atoms with E-state index in [9.17, 15) is 0 Å². The van der Waals surface area contributed by atoms with Crippen LogP contribution in [-0.4, -0.2) is 5.11 Å². The monoisotopic (exact) mass is 227 g/mol. The predicted octanol–water partition coefficient (Wildman–Crippen LogP) is 2.34. The molecule has 3 heteroatoms. The van der Waals surface area contributed by atoms with Gasteiger partial charge in [0.15, 0.2) is 0 Å². The van der Waals surface area contributed by atoms with E-state index in [0.29, 0.717) is 0 Å². The zero-order valence-corrected chi connectivity index (χ0v) is 8.08. The van der Waals surface area contributed by atoms with Crippen molar-refractivity contribution >= 4 is 15.9 Å². The molecule has 0 saturated carbocycles. The summed E-state index contributed by atoms with van der Waals surface area (Å²) >= 11 is 3.30. The number of hydrogen-bond donors (Lipinski definition) is 2. The molecular formula is C9H10BrNO. The Morgan fingerprint density at radius 3 is 2.75 bits per heavy atom. The average molecular weight is 228 g/mol. The fraction of sp³-hybridized carbons (Fsp3) is 0.111. The van der Waals surface area contributed by atoms with Crippen molar-refractivity contribution in [3.63, 3.8) is 0 Å². The van der Waals surface area contributed by atoms with Gasteiger partial charge in [0, 0.05) is 10.5 Å². The molecule has 0 aliphatic rings. The maximum atomic E-state index is 9.10. The molecule has 0 radical (unpaired) electrons. The number of rotatable bonds is 2. The Morgan fingerprint density at radius 1 is 1.58 bits per heavy atom. The van der Waals surface area contributed by atoms with Crippen molar-refractivity contribution in [1.29, 1.82) is 0 Å². The van der Waals surface area contributed by atoms with Gasteiger partial charge in [-0.15, -0.1) is 6.58 Å². The maximum Gasteiger partial charge on any atom is 0.116 e. The van der Waals surface area contributed by atoms with E-state index in [1.165, 1.54) is 0 Å². The lowest BCUT2D eigenvalue weighted by atomic mass is 10.1. The third-order valence-electron chi connectivity index (χ3n) is 1.60. The zero-order valence-electron chi connectivity index (χ0n) is 6.50. The van der Waals surface area contributed by atoms with E-state index in [4.69, 9.17) is 10.8 Å². The highest BCUT2D eigenvalue weighted by atomic mass is 79.9. The molecule has 3 N–H and O–H groups in total. The summed E-state index contributed by atoms with van der Waals surface area (Å²) in [7, 11) is 0. The van der Waals surface area contributed by atoms with Crippen LogP contribution >= 0.6 is 15.9 Å². The van der Waals surface area contributed by atoms with Crippen LogP contribution in [0.2, 0.25) is 0 Å². The van der Waals surface area contributed by atoms with Gasteiger partial charge >= 0.3 is 0 Å². The summed E-state index contributed by atoms with van der Waals surface area (Å²) in [6, 6.07) is 4.79. The molecule has 1 aromatic carbocycles. The normalized spacial score (nSPS) is 12.5. The molecule has 1 atom stereocenters. The van der Waals surface area contributed by atoms with Crippen LogP contribution in [-0.2, 0) is 0 Å². The van der Waals surface area contributed by atoms with Crippen molar-refractivity contribution < 1.29 is 5.11 Å². The van der Waals surface area contributed by atoms with Crippen LogP contribution in [0.5, 0.6) is 5.75 Å². The Balaban J connectivity index is 3.09. The number of phenolic OH excluding ortho intramolecular Hbond substituents is 1. The summed E-state index contributed by atoms with van der Waals surface area (Å²) < 4.78 is 0.801. The number of halogens is 1. The first-order valence-electron chi connectivity index (χ1n) is 3.51. The van der Waals surface area contributed by atoms with E-state index in [-0.39, 0.29) is 11.8 Å². The fourth-order valence-electron chi connectivity index (χ4n) is 0.913. The summed E-state index contributed by atoms with van der Waals surface area (Å²) in [4.78, 5) is 0. The smallest absolute Gasteiger partial charge is 0.116 e. The molecule has 0 spiro atoms. The molecule has 0 unspecified atom stereocenters. The van der Waals surface area contributed by atoms with Crippen molar-refractivity contribution in [3.8, 4) is 5.75 Å². The molecule has 0 aromatic heterocycles. The van der Waals surface area contributed by atoms with Gasteiger partial charge in [0.2, 0.25) is 0 Å². The highest BCUT2D eigenvalue weighted by molar-refractivity contribution is 9.10. The van der Waals surface area contributed by atoms with Gasteiger partial charge in [0.1, 0.15) is 5.75 Å². The summed E-state index contributed by atoms with van der Waals surface area (Å²) in [5.41, 5.74) is 6.63. The summed E-state index contributed by atoms with van der Waals surface area (Å²) in [6.07, 6.45) is 1.65. The molecule has 0 bridgehead atoms. The molecule has 64 valence electrons. The second-order valence-electron chi connectivity index (χ2n) is 2.47. The van der Waals surface area contributed by atoms with Crippen LogP contribution in [0.25, 0.3) is 0 Å². The van der Waals surface area contributed by atoms with Crippen LogP contribution in [0.3, 0.4) is 0 Å². The van der Waals surface area contributed by atoms with E-state index in [1.54, 1.807) is 24.3 Å². The number of hydrogen-bond acceptors (Lipinski definition) is 2. The minimum absolute atomic E-state index is 0.194. The topological polar surface area (TPSA) is 46.2 Å². The molecular weight excluding hydrogens is 218 g/mol. The van der Waals surface area contributed by atoms with Gasteiger partial charge < -0.3 is 10.8 Å². The van der Waals surface area contributed by atoms with Crippen LogP contribution in [0.1, 0.15) is 11.6 Å². The van der Waals surface area contributed by atoms with E-state index >= 15 is 0 Å². The van der Waals surface area contributed by atoms with Gasteiger partial charge in [0.25, 0.3) is 0 Å². The first-order valence-corrected chi connectivity index (χ1v) is 4.31. The van der Waals surface area contributed by atoms with E-state index in [0.717, 1.165) is 10.0 Å². The minimum atomic E-state index is -0.194. The quantitative estimate of drug-likeness (QED) is 0.763. The van der Waals surface area contributed by atoms with E-state index in [2.05, 4.69) is 22.5 Å². The SMILES string of the molecule is C=C[C@@H](N)c1ccc(O)cc1Br. The van der Waals surface area contributed by atoms with Crippen molar-refractivity contribution in [3.05, 3.63) is 40.9 Å². The lowest BCUT2D eigenvalue weighted by molar-refractivity contribution is 0.474. The van der Waals surface area contributed by atoms with Gasteiger partial charge in [-0.3, -0.25) is 0 Å². The van der Waals surface area contributed by atoms with Crippen LogP contribution in [0.4, 0.5) is 0 Å². The average Bonchev–Trinajstić information content (AvgIpc) is 2.03. The number of phenols is 1. The van der Waals surface area contributed by atoms with E-state index in [1.807, 2.05) is 0 Å². The Kier molecular flexibility index (Phi) is 2.89. The molecule has 0 amide bonds. The molecule has 12 heavy (non-hydrogen) atoms. The predicted molar refractivity (Wildman–Crippen MR) is 52.9 cm³/mol. The van der Waals surface area contributed by atoms with Gasteiger partial charge in [-0.2, -0.15) is 0 Å². The second kappa shape index (κ2) is 3.74. The molecule has 0 aliphatic carbocycles. The van der Waals surface area contributed by atoms with Gasteiger partial charge in [-0.05, 0) is 17.7 Å². The zero-order chi connectivity index (χ0) is 9.14. The van der Waals surface area contributed by atoms with Gasteiger partial charge in [-0.25, -0.2) is 0 Å².